The molecule has 1 saturated heterocycles. The molecule has 1 atom stereocenters. The van der Waals surface area contributed by atoms with Crippen molar-refractivity contribution in [1.82, 2.24) is 9.80 Å². The summed E-state index contributed by atoms with van der Waals surface area (Å²) in [5.74, 6) is 0. The standard InChI is InChI=1S/C15H20BrN3/c1-18(10-8-17)14-6-4-9-19(12-14)11-13-5-2-3-7-15(13)16/h2-3,5,7,14H,4,6,9-12H2,1H3. The van der Waals surface area contributed by atoms with Gasteiger partial charge in [0.2, 0.25) is 0 Å². The molecule has 1 aromatic carbocycles. The van der Waals surface area contributed by atoms with E-state index in [9.17, 15) is 0 Å². The van der Waals surface area contributed by atoms with E-state index in [-0.39, 0.29) is 0 Å². The second kappa shape index (κ2) is 7.04. The molecule has 19 heavy (non-hydrogen) atoms. The van der Waals surface area contributed by atoms with Crippen molar-refractivity contribution < 1.29 is 0 Å². The molecule has 1 aromatic rings. The van der Waals surface area contributed by atoms with E-state index >= 15 is 0 Å². The van der Waals surface area contributed by atoms with Gasteiger partial charge in [0.1, 0.15) is 0 Å². The zero-order valence-electron chi connectivity index (χ0n) is 11.3. The SMILES string of the molecule is CN(CC#N)C1CCCN(Cc2ccccc2Br)C1. The lowest BCUT2D eigenvalue weighted by molar-refractivity contribution is 0.120. The van der Waals surface area contributed by atoms with Crippen molar-refractivity contribution in [2.24, 2.45) is 0 Å². The first-order valence-electron chi connectivity index (χ1n) is 6.73. The van der Waals surface area contributed by atoms with Gasteiger partial charge in [0, 0.05) is 23.6 Å². The molecule has 2 rings (SSSR count). The van der Waals surface area contributed by atoms with Crippen molar-refractivity contribution in [2.45, 2.75) is 25.4 Å². The summed E-state index contributed by atoms with van der Waals surface area (Å²) in [6, 6.07) is 11.2. The fourth-order valence-corrected chi connectivity index (χ4v) is 3.05. The molecule has 0 spiro atoms. The Balaban J connectivity index is 1.95. The van der Waals surface area contributed by atoms with Gasteiger partial charge in [-0.3, -0.25) is 9.80 Å². The molecular formula is C15H20BrN3. The maximum Gasteiger partial charge on any atom is 0.0866 e. The lowest BCUT2D eigenvalue weighted by atomic mass is 10.0. The van der Waals surface area contributed by atoms with Gasteiger partial charge in [0.05, 0.1) is 12.6 Å². The fourth-order valence-electron chi connectivity index (χ4n) is 2.64. The minimum absolute atomic E-state index is 0.510. The summed E-state index contributed by atoms with van der Waals surface area (Å²) in [6.45, 7) is 3.71. The van der Waals surface area contributed by atoms with Gasteiger partial charge in [0.15, 0.2) is 0 Å². The maximum absolute atomic E-state index is 8.79. The first-order valence-corrected chi connectivity index (χ1v) is 7.53. The van der Waals surface area contributed by atoms with Crippen LogP contribution in [0.1, 0.15) is 18.4 Å². The Morgan fingerprint density at radius 1 is 1.47 bits per heavy atom. The minimum atomic E-state index is 0.510. The molecule has 0 saturated carbocycles. The van der Waals surface area contributed by atoms with Crippen molar-refractivity contribution in [2.75, 3.05) is 26.7 Å². The van der Waals surface area contributed by atoms with Crippen LogP contribution in [-0.4, -0.2) is 42.5 Å². The fraction of sp³-hybridized carbons (Fsp3) is 0.533. The van der Waals surface area contributed by atoms with Crippen molar-refractivity contribution in [1.29, 1.82) is 5.26 Å². The summed E-state index contributed by atoms with van der Waals surface area (Å²) < 4.78 is 1.18. The number of nitrogens with zero attached hydrogens (tertiary/aromatic N) is 3. The predicted molar refractivity (Wildman–Crippen MR) is 80.7 cm³/mol. The zero-order chi connectivity index (χ0) is 13.7. The van der Waals surface area contributed by atoms with Gasteiger partial charge in [-0.05, 0) is 38.1 Å². The van der Waals surface area contributed by atoms with E-state index in [1.807, 2.05) is 6.07 Å². The number of piperidine rings is 1. The lowest BCUT2D eigenvalue weighted by Gasteiger charge is -2.37. The van der Waals surface area contributed by atoms with Crippen LogP contribution in [0.25, 0.3) is 0 Å². The molecule has 0 aromatic heterocycles. The van der Waals surface area contributed by atoms with Crippen LogP contribution in [0.2, 0.25) is 0 Å². The zero-order valence-corrected chi connectivity index (χ0v) is 12.9. The summed E-state index contributed by atoms with van der Waals surface area (Å²) in [7, 11) is 2.05. The van der Waals surface area contributed by atoms with Crippen LogP contribution >= 0.6 is 15.9 Å². The highest BCUT2D eigenvalue weighted by atomic mass is 79.9. The van der Waals surface area contributed by atoms with Crippen molar-refractivity contribution >= 4 is 15.9 Å². The molecule has 0 bridgehead atoms. The number of hydrogen-bond acceptors (Lipinski definition) is 3. The molecule has 0 aliphatic carbocycles. The van der Waals surface area contributed by atoms with Gasteiger partial charge in [-0.2, -0.15) is 5.26 Å². The van der Waals surface area contributed by atoms with Gasteiger partial charge in [-0.1, -0.05) is 34.1 Å². The summed E-state index contributed by atoms with van der Waals surface area (Å²) >= 11 is 3.61. The van der Waals surface area contributed by atoms with E-state index in [1.54, 1.807) is 0 Å². The van der Waals surface area contributed by atoms with Crippen molar-refractivity contribution in [3.05, 3.63) is 34.3 Å². The molecule has 102 valence electrons. The Bertz CT molecular complexity index is 455. The quantitative estimate of drug-likeness (QED) is 0.799. The minimum Gasteiger partial charge on any atom is -0.297 e. The highest BCUT2D eigenvalue weighted by molar-refractivity contribution is 9.10. The van der Waals surface area contributed by atoms with Gasteiger partial charge in [-0.25, -0.2) is 0 Å². The van der Waals surface area contributed by atoms with Crippen LogP contribution in [0.3, 0.4) is 0 Å². The molecule has 1 aliphatic rings. The van der Waals surface area contributed by atoms with Crippen LogP contribution in [0.15, 0.2) is 28.7 Å². The van der Waals surface area contributed by atoms with Gasteiger partial charge in [0.25, 0.3) is 0 Å². The van der Waals surface area contributed by atoms with Crippen LogP contribution in [0, 0.1) is 11.3 Å². The maximum atomic E-state index is 8.79. The number of rotatable bonds is 4. The molecule has 0 radical (unpaired) electrons. The molecular weight excluding hydrogens is 302 g/mol. The normalized spacial score (nSPS) is 20.4. The molecule has 4 heteroatoms. The first-order chi connectivity index (χ1) is 9.20. The van der Waals surface area contributed by atoms with Gasteiger partial charge >= 0.3 is 0 Å². The van der Waals surface area contributed by atoms with Gasteiger partial charge in [-0.15, -0.1) is 0 Å². The molecule has 0 amide bonds. The Morgan fingerprint density at radius 2 is 2.26 bits per heavy atom. The molecule has 1 fully saturated rings. The predicted octanol–water partition coefficient (Wildman–Crippen LogP) is 2.87. The van der Waals surface area contributed by atoms with Crippen LogP contribution in [0.4, 0.5) is 0 Å². The smallest absolute Gasteiger partial charge is 0.0866 e. The van der Waals surface area contributed by atoms with E-state index in [0.717, 1.165) is 19.6 Å². The monoisotopic (exact) mass is 321 g/mol. The molecule has 1 aliphatic heterocycles. The van der Waals surface area contributed by atoms with Gasteiger partial charge < -0.3 is 0 Å². The number of likely N-dealkylation sites (tertiary alicyclic amines) is 1. The van der Waals surface area contributed by atoms with Crippen LogP contribution in [0.5, 0.6) is 0 Å². The largest absolute Gasteiger partial charge is 0.297 e. The number of hydrogen-bond donors (Lipinski definition) is 0. The Kier molecular flexibility index (Phi) is 5.38. The number of likely N-dealkylation sites (N-methyl/N-ethyl adjacent to an activating group) is 1. The summed E-state index contributed by atoms with van der Waals surface area (Å²) in [5.41, 5.74) is 1.34. The molecule has 1 heterocycles. The Hall–Kier alpha value is -0.890. The van der Waals surface area contributed by atoms with Crippen molar-refractivity contribution in [3.8, 4) is 6.07 Å². The van der Waals surface area contributed by atoms with Crippen LogP contribution < -0.4 is 0 Å². The molecule has 0 N–H and O–H groups in total. The molecule has 3 nitrogen and oxygen atoms in total. The summed E-state index contributed by atoms with van der Waals surface area (Å²) in [5, 5.41) is 8.79. The summed E-state index contributed by atoms with van der Waals surface area (Å²) in [4.78, 5) is 4.66. The number of halogens is 1. The van der Waals surface area contributed by atoms with E-state index in [4.69, 9.17) is 5.26 Å². The lowest BCUT2D eigenvalue weighted by Crippen LogP contribution is -2.46. The third-order valence-electron chi connectivity index (χ3n) is 3.78. The van der Waals surface area contributed by atoms with Crippen molar-refractivity contribution in [3.63, 3.8) is 0 Å². The van der Waals surface area contributed by atoms with Crippen LogP contribution in [-0.2, 0) is 6.54 Å². The van der Waals surface area contributed by atoms with E-state index < -0.39 is 0 Å². The third-order valence-corrected chi connectivity index (χ3v) is 4.55. The van der Waals surface area contributed by atoms with E-state index in [1.165, 1.54) is 22.9 Å². The van der Waals surface area contributed by atoms with E-state index in [0.29, 0.717) is 12.6 Å². The Morgan fingerprint density at radius 3 is 3.00 bits per heavy atom. The topological polar surface area (TPSA) is 30.3 Å². The average molecular weight is 322 g/mol. The average Bonchev–Trinajstić information content (AvgIpc) is 2.42. The highest BCUT2D eigenvalue weighted by Gasteiger charge is 2.23. The highest BCUT2D eigenvalue weighted by Crippen LogP contribution is 2.21. The number of nitriles is 1. The number of benzene rings is 1. The van der Waals surface area contributed by atoms with E-state index in [2.05, 4.69) is 57.0 Å². The first kappa shape index (κ1) is 14.5. The second-order valence-electron chi connectivity index (χ2n) is 5.20. The Labute approximate surface area is 123 Å². The second-order valence-corrected chi connectivity index (χ2v) is 6.05. The third kappa shape index (κ3) is 4.04. The summed E-state index contributed by atoms with van der Waals surface area (Å²) in [6.07, 6.45) is 2.41. The molecule has 1 unspecified atom stereocenters.